The van der Waals surface area contributed by atoms with Crippen LogP contribution in [-0.2, 0) is 26.0 Å². The molecule has 0 radical (unpaired) electrons. The third kappa shape index (κ3) is 8.30. The second-order valence-electron chi connectivity index (χ2n) is 11.5. The second kappa shape index (κ2) is 14.9. The van der Waals surface area contributed by atoms with Crippen molar-refractivity contribution in [2.45, 2.75) is 63.1 Å². The van der Waals surface area contributed by atoms with Gasteiger partial charge in [0.2, 0.25) is 6.04 Å². The second-order valence-corrected chi connectivity index (χ2v) is 13.5. The number of nitrogens with one attached hydrogen (secondary N) is 2. The first kappa shape index (κ1) is 33.3. The Hall–Kier alpha value is -3.63. The van der Waals surface area contributed by atoms with Crippen LogP contribution in [0.4, 0.5) is 0 Å². The van der Waals surface area contributed by atoms with E-state index < -0.39 is 44.4 Å². The number of terminal acetylenes is 1. The smallest absolute Gasteiger partial charge is 0.287 e. The Balaban J connectivity index is 1.61. The van der Waals surface area contributed by atoms with E-state index in [1.165, 1.54) is 12.1 Å². The lowest BCUT2D eigenvalue weighted by molar-refractivity contribution is -1.14. The monoisotopic (exact) mass is 627 g/mol. The normalized spacial score (nSPS) is 18.8. The van der Waals surface area contributed by atoms with Gasteiger partial charge in [0.05, 0.1) is 23.1 Å². The molecule has 3 unspecified atom stereocenters. The number of benzene rings is 2. The summed E-state index contributed by atoms with van der Waals surface area (Å²) < 4.78 is 36.8. The molecule has 44 heavy (non-hydrogen) atoms. The lowest BCUT2D eigenvalue weighted by Gasteiger charge is -2.39. The minimum absolute atomic E-state index is 0.0528. The maximum absolute atomic E-state index is 14.1. The van der Waals surface area contributed by atoms with Crippen molar-refractivity contribution in [2.75, 3.05) is 38.6 Å². The predicted octanol–water partition coefficient (Wildman–Crippen LogP) is 2.69. The Morgan fingerprint density at radius 2 is 1.91 bits per heavy atom. The van der Waals surface area contributed by atoms with E-state index in [1.54, 1.807) is 17.9 Å². The van der Waals surface area contributed by atoms with E-state index in [1.807, 2.05) is 37.3 Å². The Bertz CT molecular complexity index is 1440. The lowest BCUT2D eigenvalue weighted by Crippen LogP contribution is -2.70. The van der Waals surface area contributed by atoms with Crippen molar-refractivity contribution in [3.05, 3.63) is 54.1 Å². The van der Waals surface area contributed by atoms with Gasteiger partial charge in [-0.1, -0.05) is 54.9 Å². The van der Waals surface area contributed by atoms with Gasteiger partial charge in [-0.25, -0.2) is 8.42 Å². The summed E-state index contributed by atoms with van der Waals surface area (Å²) >= 11 is 0. The molecule has 2 aromatic carbocycles. The number of fused-ring (bicyclic) bond motifs is 1. The number of ether oxygens (including phenoxy) is 2. The molecule has 2 aliphatic rings. The SMILES string of the molecule is C#CCC(C(=O)N(CCC)Cc1ccccc1)[N+](O)(C[C@@H](C)CS(=O)(=O)c1ccc2c(c1)OCCO2)NC(=O)C1CCCN1. The van der Waals surface area contributed by atoms with E-state index in [9.17, 15) is 23.2 Å². The van der Waals surface area contributed by atoms with Crippen LogP contribution in [0.3, 0.4) is 0 Å². The minimum Gasteiger partial charge on any atom is -0.486 e. The van der Waals surface area contributed by atoms with Crippen LogP contribution in [0.2, 0.25) is 0 Å². The molecule has 0 aliphatic carbocycles. The fourth-order valence-electron chi connectivity index (χ4n) is 5.73. The third-order valence-corrected chi connectivity index (χ3v) is 9.76. The van der Waals surface area contributed by atoms with Crippen molar-refractivity contribution >= 4 is 21.7 Å². The highest BCUT2D eigenvalue weighted by Gasteiger charge is 2.47. The first-order chi connectivity index (χ1) is 21.1. The van der Waals surface area contributed by atoms with Gasteiger partial charge in [-0.05, 0) is 43.5 Å². The van der Waals surface area contributed by atoms with E-state index in [-0.39, 0.29) is 23.6 Å². The van der Waals surface area contributed by atoms with Crippen LogP contribution in [0.5, 0.6) is 11.5 Å². The predicted molar refractivity (Wildman–Crippen MR) is 164 cm³/mol. The molecule has 3 N–H and O–H groups in total. The topological polar surface area (TPSA) is 134 Å². The van der Waals surface area contributed by atoms with Gasteiger partial charge < -0.3 is 19.7 Å². The van der Waals surface area contributed by atoms with Crippen LogP contribution in [-0.4, -0.2) is 85.8 Å². The number of hydrogen-bond acceptors (Lipinski definition) is 8. The van der Waals surface area contributed by atoms with Crippen LogP contribution in [0, 0.1) is 18.3 Å². The molecule has 4 atom stereocenters. The molecule has 238 valence electrons. The number of hydrogen-bond donors (Lipinski definition) is 3. The average Bonchev–Trinajstić information content (AvgIpc) is 3.55. The van der Waals surface area contributed by atoms with Crippen molar-refractivity contribution in [1.29, 1.82) is 0 Å². The quantitative estimate of drug-likeness (QED) is 0.165. The number of sulfone groups is 1. The van der Waals surface area contributed by atoms with Crippen molar-refractivity contribution < 1.29 is 37.4 Å². The minimum atomic E-state index is -3.85. The van der Waals surface area contributed by atoms with E-state index >= 15 is 0 Å². The van der Waals surface area contributed by atoms with E-state index in [4.69, 9.17) is 15.9 Å². The number of hydroxylamine groups is 2. The standard InChI is InChI=1S/C32H42N4O7S/c1-4-10-28(32(38)35(17-5-2)21-25-11-7-6-8-12-25)36(39,34-31(37)27-13-9-16-33-27)22-24(3)23-44(40,41)26-14-15-29-30(20-26)43-19-18-42-29/h1,6-8,11-12,14-15,20,24,27-28,33,39H,5,9-10,13,16-19,21-23H2,2-3H3/p+1/t24-,27?,28?,36?/m1/s1. The van der Waals surface area contributed by atoms with Gasteiger partial charge in [0.1, 0.15) is 19.8 Å². The van der Waals surface area contributed by atoms with Crippen LogP contribution < -0.4 is 20.2 Å². The van der Waals surface area contributed by atoms with Gasteiger partial charge in [-0.3, -0.25) is 9.59 Å². The summed E-state index contributed by atoms with van der Waals surface area (Å²) in [6, 6.07) is 12.1. The fourth-order valence-corrected chi connectivity index (χ4v) is 7.34. The molecule has 0 saturated carbocycles. The highest BCUT2D eigenvalue weighted by molar-refractivity contribution is 7.91. The molecule has 2 aliphatic heterocycles. The van der Waals surface area contributed by atoms with Crippen molar-refractivity contribution in [1.82, 2.24) is 15.6 Å². The molecule has 0 spiro atoms. The van der Waals surface area contributed by atoms with Gasteiger partial charge in [0, 0.05) is 25.1 Å². The summed E-state index contributed by atoms with van der Waals surface area (Å²) in [5.41, 5.74) is 3.58. The van der Waals surface area contributed by atoms with Gasteiger partial charge in [-0.2, -0.15) is 10.6 Å². The molecule has 2 amide bonds. The molecule has 1 saturated heterocycles. The molecule has 12 heteroatoms. The first-order valence-electron chi connectivity index (χ1n) is 15.1. The maximum atomic E-state index is 14.1. The molecule has 2 heterocycles. The zero-order valence-electron chi connectivity index (χ0n) is 25.4. The highest BCUT2D eigenvalue weighted by atomic mass is 32.2. The molecule has 2 aromatic rings. The maximum Gasteiger partial charge on any atom is 0.287 e. The summed E-state index contributed by atoms with van der Waals surface area (Å²) in [6.07, 6.45) is 7.58. The van der Waals surface area contributed by atoms with Gasteiger partial charge in [0.15, 0.2) is 21.3 Å². The Morgan fingerprint density at radius 3 is 2.57 bits per heavy atom. The summed E-state index contributed by atoms with van der Waals surface area (Å²) in [5.74, 6) is 1.36. The summed E-state index contributed by atoms with van der Waals surface area (Å²) in [5, 5.41) is 15.3. The third-order valence-electron chi connectivity index (χ3n) is 7.78. The largest absolute Gasteiger partial charge is 0.486 e. The molecule has 0 bridgehead atoms. The Kier molecular flexibility index (Phi) is 11.3. The van der Waals surface area contributed by atoms with E-state index in [0.717, 1.165) is 12.0 Å². The number of nitrogens with zero attached hydrogens (tertiary/aromatic N) is 2. The Labute approximate surface area is 259 Å². The van der Waals surface area contributed by atoms with Crippen LogP contribution in [0.15, 0.2) is 53.4 Å². The van der Waals surface area contributed by atoms with Gasteiger partial charge in [0.25, 0.3) is 11.8 Å². The van der Waals surface area contributed by atoms with E-state index in [0.29, 0.717) is 57.2 Å². The number of quaternary nitrogens is 1. The van der Waals surface area contributed by atoms with Gasteiger partial charge >= 0.3 is 0 Å². The van der Waals surface area contributed by atoms with Crippen molar-refractivity contribution in [3.8, 4) is 23.8 Å². The highest BCUT2D eigenvalue weighted by Crippen LogP contribution is 2.33. The molecule has 11 nitrogen and oxygen atoms in total. The average molecular weight is 628 g/mol. The van der Waals surface area contributed by atoms with Crippen LogP contribution in [0.1, 0.15) is 45.1 Å². The van der Waals surface area contributed by atoms with Crippen LogP contribution >= 0.6 is 0 Å². The number of carbonyl (C=O) groups excluding carboxylic acids is 2. The molecular weight excluding hydrogens is 584 g/mol. The molecule has 0 aromatic heterocycles. The lowest BCUT2D eigenvalue weighted by atomic mass is 10.1. The molecule has 1 fully saturated rings. The van der Waals surface area contributed by atoms with E-state index in [2.05, 4.69) is 16.7 Å². The summed E-state index contributed by atoms with van der Waals surface area (Å²) in [6.45, 7) is 5.38. The first-order valence-corrected chi connectivity index (χ1v) is 16.8. The zero-order chi connectivity index (χ0) is 31.7. The summed E-state index contributed by atoms with van der Waals surface area (Å²) in [4.78, 5) is 29.2. The number of carbonyl (C=O) groups is 2. The fraction of sp³-hybridized carbons (Fsp3) is 0.500. The zero-order valence-corrected chi connectivity index (χ0v) is 26.2. The summed E-state index contributed by atoms with van der Waals surface area (Å²) in [7, 11) is -3.85. The van der Waals surface area contributed by atoms with Crippen molar-refractivity contribution in [2.24, 2.45) is 5.92 Å². The molecular formula is C32H43N4O7S+. The number of amides is 2. The molecule has 4 rings (SSSR count). The number of rotatable bonds is 14. The van der Waals surface area contributed by atoms with Crippen LogP contribution in [0.25, 0.3) is 0 Å². The van der Waals surface area contributed by atoms with Gasteiger partial charge in [-0.15, -0.1) is 6.42 Å². The Morgan fingerprint density at radius 1 is 1.18 bits per heavy atom. The van der Waals surface area contributed by atoms with Crippen molar-refractivity contribution in [3.63, 3.8) is 0 Å².